The Labute approximate surface area is 181 Å². The molecule has 0 radical (unpaired) electrons. The lowest BCUT2D eigenvalue weighted by atomic mass is 9.96. The Hall–Kier alpha value is -3.35. The van der Waals surface area contributed by atoms with Gasteiger partial charge in [-0.2, -0.15) is 0 Å². The predicted octanol–water partition coefficient (Wildman–Crippen LogP) is 4.04. The first kappa shape index (κ1) is 19.6. The van der Waals surface area contributed by atoms with Crippen molar-refractivity contribution in [3.63, 3.8) is 0 Å². The van der Waals surface area contributed by atoms with Gasteiger partial charge < -0.3 is 14.2 Å². The van der Waals surface area contributed by atoms with Gasteiger partial charge in [0.2, 0.25) is 0 Å². The zero-order valence-corrected chi connectivity index (χ0v) is 18.2. The number of likely N-dealkylation sites (tertiary alicyclic amines) is 1. The van der Waals surface area contributed by atoms with E-state index in [1.54, 1.807) is 7.11 Å². The van der Waals surface area contributed by atoms with Gasteiger partial charge in [0.05, 0.1) is 12.7 Å². The minimum absolute atomic E-state index is 0.0847. The number of piperidine rings is 1. The normalized spacial score (nSPS) is 16.9. The number of ether oxygens (including phenoxy) is 1. The summed E-state index contributed by atoms with van der Waals surface area (Å²) in [5.74, 6) is 1.95. The van der Waals surface area contributed by atoms with Crippen molar-refractivity contribution in [2.24, 2.45) is 0 Å². The molecule has 0 aliphatic carbocycles. The molecule has 0 N–H and O–H groups in total. The quantitative estimate of drug-likeness (QED) is 0.503. The zero-order chi connectivity index (χ0) is 21.5. The van der Waals surface area contributed by atoms with E-state index in [-0.39, 0.29) is 11.8 Å². The highest BCUT2D eigenvalue weighted by Gasteiger charge is 2.31. The van der Waals surface area contributed by atoms with Crippen molar-refractivity contribution in [3.05, 3.63) is 59.7 Å². The van der Waals surface area contributed by atoms with Crippen LogP contribution in [0.3, 0.4) is 0 Å². The summed E-state index contributed by atoms with van der Waals surface area (Å²) in [5, 5.41) is 9.71. The van der Waals surface area contributed by atoms with E-state index in [0.29, 0.717) is 6.54 Å². The van der Waals surface area contributed by atoms with Crippen LogP contribution in [0.25, 0.3) is 16.6 Å². The number of benzene rings is 1. The summed E-state index contributed by atoms with van der Waals surface area (Å²) < 4.78 is 9.68. The standard InChI is InChI=1S/C24H27N5O2/c1-4-28-16(2)22(19-14-18(31-3)10-11-20(19)28)24(30)27-12-7-8-17(15-27)23-26-25-21-9-5-6-13-29(21)23/h5-6,9-11,13-14,17H,4,7-8,12,15H2,1-3H3. The molecule has 0 spiro atoms. The Morgan fingerprint density at radius 2 is 2.10 bits per heavy atom. The molecule has 1 aliphatic rings. The minimum atomic E-state index is 0.0847. The van der Waals surface area contributed by atoms with Crippen molar-refractivity contribution in [2.75, 3.05) is 20.2 Å². The van der Waals surface area contributed by atoms with E-state index in [1.807, 2.05) is 58.8 Å². The number of hydrogen-bond donors (Lipinski definition) is 0. The lowest BCUT2D eigenvalue weighted by Crippen LogP contribution is -2.39. The van der Waals surface area contributed by atoms with Crippen LogP contribution in [0.15, 0.2) is 42.6 Å². The molecule has 31 heavy (non-hydrogen) atoms. The molecule has 5 rings (SSSR count). The first-order valence-electron chi connectivity index (χ1n) is 10.9. The van der Waals surface area contributed by atoms with Crippen molar-refractivity contribution in [3.8, 4) is 5.75 Å². The monoisotopic (exact) mass is 417 g/mol. The Morgan fingerprint density at radius 3 is 2.90 bits per heavy atom. The van der Waals surface area contributed by atoms with Gasteiger partial charge in [-0.1, -0.05) is 6.07 Å². The van der Waals surface area contributed by atoms with Gasteiger partial charge in [-0.25, -0.2) is 0 Å². The third kappa shape index (κ3) is 3.15. The van der Waals surface area contributed by atoms with Crippen LogP contribution in [0.1, 0.15) is 47.6 Å². The highest BCUT2D eigenvalue weighted by molar-refractivity contribution is 6.08. The van der Waals surface area contributed by atoms with Crippen molar-refractivity contribution in [1.82, 2.24) is 24.1 Å². The molecule has 1 aliphatic heterocycles. The average Bonchev–Trinajstić information content (AvgIpc) is 3.36. The molecular formula is C24H27N5O2. The number of nitrogens with zero attached hydrogens (tertiary/aromatic N) is 5. The van der Waals surface area contributed by atoms with Crippen molar-refractivity contribution in [1.29, 1.82) is 0 Å². The van der Waals surface area contributed by atoms with Gasteiger partial charge in [-0.05, 0) is 57.0 Å². The largest absolute Gasteiger partial charge is 0.497 e. The lowest BCUT2D eigenvalue weighted by Gasteiger charge is -2.32. The molecule has 1 aromatic carbocycles. The summed E-state index contributed by atoms with van der Waals surface area (Å²) in [6.45, 7) is 6.37. The zero-order valence-electron chi connectivity index (χ0n) is 18.2. The summed E-state index contributed by atoms with van der Waals surface area (Å²) >= 11 is 0. The summed E-state index contributed by atoms with van der Waals surface area (Å²) in [6, 6.07) is 11.9. The molecule has 3 aromatic heterocycles. The second kappa shape index (κ2) is 7.72. The van der Waals surface area contributed by atoms with Crippen LogP contribution in [0.2, 0.25) is 0 Å². The fourth-order valence-corrected chi connectivity index (χ4v) is 4.93. The topological polar surface area (TPSA) is 64.7 Å². The number of fused-ring (bicyclic) bond motifs is 2. The molecule has 1 fully saturated rings. The van der Waals surface area contributed by atoms with E-state index in [4.69, 9.17) is 4.74 Å². The number of aryl methyl sites for hydroxylation is 1. The summed E-state index contributed by atoms with van der Waals surface area (Å²) in [4.78, 5) is 15.8. The molecular weight excluding hydrogens is 390 g/mol. The van der Waals surface area contributed by atoms with Crippen LogP contribution in [0.4, 0.5) is 0 Å². The van der Waals surface area contributed by atoms with Gasteiger partial charge in [0, 0.05) is 48.3 Å². The Morgan fingerprint density at radius 1 is 1.23 bits per heavy atom. The van der Waals surface area contributed by atoms with Gasteiger partial charge >= 0.3 is 0 Å². The summed E-state index contributed by atoms with van der Waals surface area (Å²) in [7, 11) is 1.66. The number of amides is 1. The van der Waals surface area contributed by atoms with Crippen molar-refractivity contribution < 1.29 is 9.53 Å². The second-order valence-electron chi connectivity index (χ2n) is 8.17. The van der Waals surface area contributed by atoms with Crippen LogP contribution in [0, 0.1) is 6.92 Å². The number of pyridine rings is 1. The Bertz CT molecular complexity index is 1270. The predicted molar refractivity (Wildman–Crippen MR) is 120 cm³/mol. The third-order valence-electron chi connectivity index (χ3n) is 6.47. The summed E-state index contributed by atoms with van der Waals surface area (Å²) in [6.07, 6.45) is 3.95. The van der Waals surface area contributed by atoms with Gasteiger partial charge in [-0.15, -0.1) is 10.2 Å². The fourth-order valence-electron chi connectivity index (χ4n) is 4.93. The van der Waals surface area contributed by atoms with Gasteiger partial charge in [-0.3, -0.25) is 9.20 Å². The van der Waals surface area contributed by atoms with E-state index in [1.165, 1.54) is 0 Å². The summed E-state index contributed by atoms with van der Waals surface area (Å²) in [5.41, 5.74) is 3.70. The Kier molecular flexibility index (Phi) is 4.88. The first-order valence-corrected chi connectivity index (χ1v) is 10.9. The first-order chi connectivity index (χ1) is 15.1. The molecule has 1 saturated heterocycles. The van der Waals surface area contributed by atoms with E-state index >= 15 is 0 Å². The van der Waals surface area contributed by atoms with Crippen LogP contribution < -0.4 is 4.74 Å². The number of carbonyl (C=O) groups is 1. The molecule has 4 heterocycles. The average molecular weight is 418 g/mol. The molecule has 0 bridgehead atoms. The van der Waals surface area contributed by atoms with Crippen molar-refractivity contribution >= 4 is 22.5 Å². The second-order valence-corrected chi connectivity index (χ2v) is 8.17. The van der Waals surface area contributed by atoms with Gasteiger partial charge in [0.15, 0.2) is 5.65 Å². The Balaban J connectivity index is 1.51. The number of methoxy groups -OCH3 is 1. The van der Waals surface area contributed by atoms with Crippen LogP contribution in [-0.2, 0) is 6.54 Å². The molecule has 1 atom stereocenters. The number of hydrogen-bond acceptors (Lipinski definition) is 4. The molecule has 4 aromatic rings. The molecule has 1 unspecified atom stereocenters. The van der Waals surface area contributed by atoms with E-state index < -0.39 is 0 Å². The highest BCUT2D eigenvalue weighted by atomic mass is 16.5. The molecule has 0 saturated carbocycles. The maximum absolute atomic E-state index is 13.8. The van der Waals surface area contributed by atoms with Crippen LogP contribution in [-0.4, -0.2) is 50.2 Å². The van der Waals surface area contributed by atoms with E-state index in [9.17, 15) is 4.79 Å². The molecule has 7 nitrogen and oxygen atoms in total. The third-order valence-corrected chi connectivity index (χ3v) is 6.47. The molecule has 1 amide bonds. The SMILES string of the molecule is CCn1c(C)c(C(=O)N2CCCC(c3nnc4ccccn34)C2)c2cc(OC)ccc21. The highest BCUT2D eigenvalue weighted by Crippen LogP contribution is 2.33. The molecule has 160 valence electrons. The van der Waals surface area contributed by atoms with Crippen LogP contribution >= 0.6 is 0 Å². The molecule has 7 heteroatoms. The van der Waals surface area contributed by atoms with Crippen molar-refractivity contribution in [2.45, 2.75) is 39.2 Å². The smallest absolute Gasteiger partial charge is 0.256 e. The minimum Gasteiger partial charge on any atom is -0.497 e. The lowest BCUT2D eigenvalue weighted by molar-refractivity contribution is 0.0705. The van der Waals surface area contributed by atoms with E-state index in [0.717, 1.165) is 65.3 Å². The number of carbonyl (C=O) groups excluding carboxylic acids is 1. The van der Waals surface area contributed by atoms with Gasteiger partial charge in [0.25, 0.3) is 5.91 Å². The number of rotatable bonds is 4. The maximum Gasteiger partial charge on any atom is 0.256 e. The van der Waals surface area contributed by atoms with E-state index in [2.05, 4.69) is 21.7 Å². The van der Waals surface area contributed by atoms with Gasteiger partial charge in [0.1, 0.15) is 11.6 Å². The maximum atomic E-state index is 13.8. The van der Waals surface area contributed by atoms with Crippen LogP contribution in [0.5, 0.6) is 5.75 Å². The fraction of sp³-hybridized carbons (Fsp3) is 0.375. The number of aromatic nitrogens is 4.